The van der Waals surface area contributed by atoms with E-state index in [1.807, 2.05) is 11.8 Å². The maximum Gasteiger partial charge on any atom is 0.224 e. The first-order valence-electron chi connectivity index (χ1n) is 6.22. The minimum absolute atomic E-state index is 0.197. The minimum Gasteiger partial charge on any atom is -0.355 e. The molecule has 1 aromatic rings. The van der Waals surface area contributed by atoms with Crippen LogP contribution in [-0.4, -0.2) is 28.8 Å². The van der Waals surface area contributed by atoms with Crippen LogP contribution in [0, 0.1) is 5.41 Å². The molecule has 1 aromatic heterocycles. The molecule has 2 heterocycles. The zero-order valence-corrected chi connectivity index (χ0v) is 13.2. The van der Waals surface area contributed by atoms with Crippen molar-refractivity contribution in [3.63, 3.8) is 0 Å². The number of rotatable bonds is 2. The summed E-state index contributed by atoms with van der Waals surface area (Å²) in [7, 11) is 2.09. The molecule has 0 N–H and O–H groups in total. The Balaban J connectivity index is 2.39. The van der Waals surface area contributed by atoms with E-state index in [9.17, 15) is 0 Å². The second-order valence-electron chi connectivity index (χ2n) is 5.84. The minimum atomic E-state index is 0.197. The molecule has 1 atom stereocenters. The number of thioether (sulfide) groups is 1. The van der Waals surface area contributed by atoms with Gasteiger partial charge in [0.05, 0.1) is 10.6 Å². The van der Waals surface area contributed by atoms with Crippen molar-refractivity contribution in [2.24, 2.45) is 5.41 Å². The van der Waals surface area contributed by atoms with Gasteiger partial charge in [-0.15, -0.1) is 11.8 Å². The monoisotopic (exact) mass is 285 g/mol. The average molecular weight is 286 g/mol. The summed E-state index contributed by atoms with van der Waals surface area (Å²) in [5.74, 6) is 2.06. The van der Waals surface area contributed by atoms with Crippen LogP contribution in [0.15, 0.2) is 4.90 Å². The molecule has 0 radical (unpaired) electrons. The van der Waals surface area contributed by atoms with Crippen molar-refractivity contribution in [3.05, 3.63) is 11.0 Å². The number of anilines is 1. The molecule has 0 spiro atoms. The smallest absolute Gasteiger partial charge is 0.224 e. The lowest BCUT2D eigenvalue weighted by Crippen LogP contribution is -2.40. The van der Waals surface area contributed by atoms with Crippen LogP contribution >= 0.6 is 23.4 Å². The van der Waals surface area contributed by atoms with E-state index in [1.54, 1.807) is 0 Å². The lowest BCUT2D eigenvalue weighted by molar-refractivity contribution is 0.327. The van der Waals surface area contributed by atoms with Crippen LogP contribution in [0.2, 0.25) is 5.28 Å². The van der Waals surface area contributed by atoms with E-state index < -0.39 is 0 Å². The van der Waals surface area contributed by atoms with Crippen molar-refractivity contribution in [2.75, 3.05) is 17.7 Å². The Morgan fingerprint density at radius 1 is 1.33 bits per heavy atom. The fourth-order valence-corrected chi connectivity index (χ4v) is 3.34. The summed E-state index contributed by atoms with van der Waals surface area (Å²) in [6.07, 6.45) is 0.993. The summed E-state index contributed by atoms with van der Waals surface area (Å²) in [5, 5.41) is 0.360. The normalized spacial score (nSPS) is 16.6. The van der Waals surface area contributed by atoms with Crippen molar-refractivity contribution < 1.29 is 0 Å². The molecule has 18 heavy (non-hydrogen) atoms. The molecule has 0 bridgehead atoms. The Kier molecular flexibility index (Phi) is 3.79. The summed E-state index contributed by atoms with van der Waals surface area (Å²) in [4.78, 5) is 12.2. The topological polar surface area (TPSA) is 29.0 Å². The van der Waals surface area contributed by atoms with Crippen molar-refractivity contribution in [3.8, 4) is 0 Å². The maximum atomic E-state index is 6.03. The molecule has 1 aliphatic rings. The third-order valence-electron chi connectivity index (χ3n) is 3.64. The highest BCUT2D eigenvalue weighted by atomic mass is 35.5. The maximum absolute atomic E-state index is 6.03. The summed E-state index contributed by atoms with van der Waals surface area (Å²) >= 11 is 7.87. The number of halogens is 1. The zero-order chi connectivity index (χ0) is 13.5. The number of hydrogen-bond donors (Lipinski definition) is 0. The third-order valence-corrected chi connectivity index (χ3v) is 4.93. The summed E-state index contributed by atoms with van der Waals surface area (Å²) in [6, 6.07) is 0.383. The van der Waals surface area contributed by atoms with Gasteiger partial charge in [0.1, 0.15) is 5.82 Å². The lowest BCUT2D eigenvalue weighted by Gasteiger charge is -2.36. The Morgan fingerprint density at radius 3 is 2.61 bits per heavy atom. The fraction of sp³-hybridized carbons (Fsp3) is 0.692. The van der Waals surface area contributed by atoms with Gasteiger partial charge in [0, 0.05) is 25.3 Å². The molecule has 0 saturated heterocycles. The van der Waals surface area contributed by atoms with E-state index in [0.717, 1.165) is 23.7 Å². The Bertz CT molecular complexity index is 456. The van der Waals surface area contributed by atoms with Crippen LogP contribution in [0.25, 0.3) is 0 Å². The van der Waals surface area contributed by atoms with Gasteiger partial charge in [0.15, 0.2) is 0 Å². The Labute approximate surface area is 118 Å². The average Bonchev–Trinajstić information content (AvgIpc) is 2.72. The predicted octanol–water partition coefficient (Wildman–Crippen LogP) is 3.65. The molecule has 100 valence electrons. The van der Waals surface area contributed by atoms with Gasteiger partial charge in [0.2, 0.25) is 5.28 Å². The standard InChI is InChI=1S/C13H20ClN3S/c1-8(13(2,3)4)17(5)11-10-9(6-7-18-10)15-12(14)16-11/h8H,6-7H2,1-5H3. The predicted molar refractivity (Wildman–Crippen MR) is 78.8 cm³/mol. The van der Waals surface area contributed by atoms with Crippen LogP contribution in [0.3, 0.4) is 0 Å². The van der Waals surface area contributed by atoms with Crippen LogP contribution in [0.5, 0.6) is 0 Å². The van der Waals surface area contributed by atoms with Crippen molar-refractivity contribution in [1.82, 2.24) is 9.97 Å². The largest absolute Gasteiger partial charge is 0.355 e. The molecule has 0 aliphatic carbocycles. The number of nitrogens with zero attached hydrogens (tertiary/aromatic N) is 3. The highest BCUT2D eigenvalue weighted by Gasteiger charge is 2.29. The first-order valence-corrected chi connectivity index (χ1v) is 7.59. The molecule has 0 amide bonds. The molecule has 5 heteroatoms. The van der Waals surface area contributed by atoms with Crippen molar-refractivity contribution >= 4 is 29.2 Å². The first kappa shape index (κ1) is 13.9. The van der Waals surface area contributed by atoms with Crippen LogP contribution in [0.1, 0.15) is 33.4 Å². The van der Waals surface area contributed by atoms with Gasteiger partial charge in [-0.05, 0) is 23.9 Å². The van der Waals surface area contributed by atoms with Crippen molar-refractivity contribution in [2.45, 2.75) is 45.1 Å². The number of hydrogen-bond acceptors (Lipinski definition) is 4. The number of aryl methyl sites for hydroxylation is 1. The molecule has 0 saturated carbocycles. The summed E-state index contributed by atoms with van der Waals surface area (Å²) in [6.45, 7) is 8.95. The van der Waals surface area contributed by atoms with Crippen LogP contribution < -0.4 is 4.90 Å². The van der Waals surface area contributed by atoms with Gasteiger partial charge in [-0.25, -0.2) is 4.98 Å². The van der Waals surface area contributed by atoms with E-state index >= 15 is 0 Å². The first-order chi connectivity index (χ1) is 8.30. The number of aromatic nitrogens is 2. The van der Waals surface area contributed by atoms with Crippen LogP contribution in [-0.2, 0) is 6.42 Å². The third kappa shape index (κ3) is 2.59. The van der Waals surface area contributed by atoms with E-state index in [0.29, 0.717) is 11.3 Å². The second-order valence-corrected chi connectivity index (χ2v) is 7.29. The molecule has 1 unspecified atom stereocenters. The highest BCUT2D eigenvalue weighted by Crippen LogP contribution is 2.39. The van der Waals surface area contributed by atoms with Gasteiger partial charge in [-0.1, -0.05) is 20.8 Å². The van der Waals surface area contributed by atoms with E-state index in [1.165, 1.54) is 4.90 Å². The molecule has 0 fully saturated rings. The molecular weight excluding hydrogens is 266 g/mol. The van der Waals surface area contributed by atoms with Gasteiger partial charge in [-0.2, -0.15) is 4.98 Å². The van der Waals surface area contributed by atoms with E-state index in [-0.39, 0.29) is 5.41 Å². The van der Waals surface area contributed by atoms with Crippen LogP contribution in [0.4, 0.5) is 5.82 Å². The van der Waals surface area contributed by atoms with Gasteiger partial charge < -0.3 is 4.90 Å². The zero-order valence-electron chi connectivity index (χ0n) is 11.6. The van der Waals surface area contributed by atoms with Crippen molar-refractivity contribution in [1.29, 1.82) is 0 Å². The van der Waals surface area contributed by atoms with Gasteiger partial charge >= 0.3 is 0 Å². The SMILES string of the molecule is CC(N(C)c1nc(Cl)nc2c1SCC2)C(C)(C)C. The van der Waals surface area contributed by atoms with E-state index in [2.05, 4.69) is 49.6 Å². The Morgan fingerprint density at radius 2 is 2.00 bits per heavy atom. The number of fused-ring (bicyclic) bond motifs is 1. The summed E-state index contributed by atoms with van der Waals surface area (Å²) < 4.78 is 0. The van der Waals surface area contributed by atoms with Gasteiger partial charge in [-0.3, -0.25) is 0 Å². The Hall–Kier alpha value is -0.480. The molecule has 3 nitrogen and oxygen atoms in total. The molecule has 0 aromatic carbocycles. The second kappa shape index (κ2) is 4.89. The van der Waals surface area contributed by atoms with Gasteiger partial charge in [0.25, 0.3) is 0 Å². The van der Waals surface area contributed by atoms with E-state index in [4.69, 9.17) is 11.6 Å². The lowest BCUT2D eigenvalue weighted by atomic mass is 9.87. The molecule has 2 rings (SSSR count). The molecular formula is C13H20ClN3S. The fourth-order valence-electron chi connectivity index (χ4n) is 2.02. The molecule has 1 aliphatic heterocycles. The quantitative estimate of drug-likeness (QED) is 0.776. The summed E-state index contributed by atoms with van der Waals surface area (Å²) in [5.41, 5.74) is 1.30. The highest BCUT2D eigenvalue weighted by molar-refractivity contribution is 7.99.